The van der Waals surface area contributed by atoms with Crippen molar-refractivity contribution in [2.75, 3.05) is 13.1 Å². The van der Waals surface area contributed by atoms with Crippen LogP contribution >= 0.6 is 0 Å². The van der Waals surface area contributed by atoms with Gasteiger partial charge in [-0.05, 0) is 56.0 Å². The van der Waals surface area contributed by atoms with Crippen LogP contribution in [-0.4, -0.2) is 18.9 Å². The highest BCUT2D eigenvalue weighted by atomic mass is 19.1. The topological polar surface area (TPSA) is 29.1 Å². The Bertz CT molecular complexity index is 462. The summed E-state index contributed by atoms with van der Waals surface area (Å²) in [5.41, 5.74) is 1.52. The lowest BCUT2D eigenvalue weighted by molar-refractivity contribution is 0.101. The Hall–Kier alpha value is -1.22. The van der Waals surface area contributed by atoms with Crippen molar-refractivity contribution in [3.8, 4) is 0 Å². The molecule has 2 rings (SSSR count). The molecule has 1 fully saturated rings. The lowest BCUT2D eigenvalue weighted by atomic mass is 9.73. The molecule has 1 N–H and O–H groups in total. The Kier molecular flexibility index (Phi) is 7.03. The third kappa shape index (κ3) is 4.92. The van der Waals surface area contributed by atoms with Crippen LogP contribution in [0.3, 0.4) is 0 Å². The summed E-state index contributed by atoms with van der Waals surface area (Å²) in [7, 11) is 0. The van der Waals surface area contributed by atoms with Crippen LogP contribution in [0.5, 0.6) is 0 Å². The molecule has 0 spiro atoms. The summed E-state index contributed by atoms with van der Waals surface area (Å²) < 4.78 is 13.2. The molecule has 1 saturated heterocycles. The zero-order chi connectivity index (χ0) is 15.9. The van der Waals surface area contributed by atoms with Crippen molar-refractivity contribution >= 4 is 5.78 Å². The summed E-state index contributed by atoms with van der Waals surface area (Å²) in [5, 5.41) is 3.31. The SMILES string of the molecule is CC(=O)c1cc(F)ccc1C1(C)CCNCC1.CCCC. The largest absolute Gasteiger partial charge is 0.317 e. The van der Waals surface area contributed by atoms with Crippen LogP contribution in [-0.2, 0) is 5.41 Å². The molecular weight excluding hydrogens is 265 g/mol. The fourth-order valence-corrected chi connectivity index (χ4v) is 2.58. The van der Waals surface area contributed by atoms with Gasteiger partial charge >= 0.3 is 0 Å². The minimum absolute atomic E-state index is 0.0139. The maximum Gasteiger partial charge on any atom is 0.160 e. The number of hydrogen-bond donors (Lipinski definition) is 1. The van der Waals surface area contributed by atoms with Crippen molar-refractivity contribution < 1.29 is 9.18 Å². The lowest BCUT2D eigenvalue weighted by Crippen LogP contribution is -2.38. The molecule has 3 heteroatoms. The molecule has 1 aliphatic heterocycles. The summed E-state index contributed by atoms with van der Waals surface area (Å²) in [6.45, 7) is 9.92. The normalized spacial score (nSPS) is 16.8. The van der Waals surface area contributed by atoms with E-state index < -0.39 is 0 Å². The molecule has 1 heterocycles. The minimum atomic E-state index is -0.337. The predicted molar refractivity (Wildman–Crippen MR) is 86.4 cm³/mol. The molecule has 1 aromatic rings. The van der Waals surface area contributed by atoms with Crippen molar-refractivity contribution in [3.63, 3.8) is 0 Å². The quantitative estimate of drug-likeness (QED) is 0.833. The first-order valence-corrected chi connectivity index (χ1v) is 7.96. The summed E-state index contributed by atoms with van der Waals surface area (Å²) in [6, 6.07) is 4.59. The number of carbonyl (C=O) groups is 1. The van der Waals surface area contributed by atoms with Gasteiger partial charge in [-0.15, -0.1) is 0 Å². The van der Waals surface area contributed by atoms with Crippen molar-refractivity contribution in [3.05, 3.63) is 35.1 Å². The van der Waals surface area contributed by atoms with Gasteiger partial charge in [-0.2, -0.15) is 0 Å². The second-order valence-corrected chi connectivity index (χ2v) is 6.06. The number of hydrogen-bond acceptors (Lipinski definition) is 2. The van der Waals surface area contributed by atoms with Crippen LogP contribution in [0.15, 0.2) is 18.2 Å². The number of nitrogens with one attached hydrogen (secondary N) is 1. The summed E-state index contributed by atoms with van der Waals surface area (Å²) >= 11 is 0. The van der Waals surface area contributed by atoms with Crippen molar-refractivity contribution in [2.24, 2.45) is 0 Å². The number of piperidine rings is 1. The Morgan fingerprint density at radius 3 is 2.29 bits per heavy atom. The highest BCUT2D eigenvalue weighted by Crippen LogP contribution is 2.35. The van der Waals surface area contributed by atoms with Crippen LogP contribution in [0, 0.1) is 5.82 Å². The van der Waals surface area contributed by atoms with Gasteiger partial charge in [-0.1, -0.05) is 39.7 Å². The molecule has 0 atom stereocenters. The Labute approximate surface area is 128 Å². The third-order valence-corrected chi connectivity index (χ3v) is 4.22. The predicted octanol–water partition coefficient (Wildman–Crippen LogP) is 4.48. The molecule has 0 bridgehead atoms. The smallest absolute Gasteiger partial charge is 0.160 e. The molecular formula is C18H28FNO. The van der Waals surface area contributed by atoms with Crippen LogP contribution in [0.4, 0.5) is 4.39 Å². The van der Waals surface area contributed by atoms with E-state index in [4.69, 9.17) is 0 Å². The molecule has 0 amide bonds. The molecule has 0 radical (unpaired) electrons. The van der Waals surface area contributed by atoms with Gasteiger partial charge in [0, 0.05) is 5.56 Å². The maximum absolute atomic E-state index is 13.2. The van der Waals surface area contributed by atoms with Crippen LogP contribution < -0.4 is 5.32 Å². The van der Waals surface area contributed by atoms with Gasteiger partial charge in [0.1, 0.15) is 5.82 Å². The second kappa shape index (κ2) is 8.28. The van der Waals surface area contributed by atoms with E-state index in [1.54, 1.807) is 6.07 Å². The standard InChI is InChI=1S/C14H18FNO.C4H10/c1-10(17)12-9-11(15)3-4-13(12)14(2)5-7-16-8-6-14;1-3-4-2/h3-4,9,16H,5-8H2,1-2H3;3-4H2,1-2H3. The van der Waals surface area contributed by atoms with E-state index in [0.717, 1.165) is 31.5 Å². The Morgan fingerprint density at radius 2 is 1.81 bits per heavy atom. The van der Waals surface area contributed by atoms with E-state index >= 15 is 0 Å². The van der Waals surface area contributed by atoms with E-state index in [1.807, 2.05) is 0 Å². The molecule has 0 saturated carbocycles. The number of rotatable bonds is 3. The van der Waals surface area contributed by atoms with E-state index in [-0.39, 0.29) is 17.0 Å². The molecule has 118 valence electrons. The number of unbranched alkanes of at least 4 members (excludes halogenated alkanes) is 1. The van der Waals surface area contributed by atoms with E-state index in [2.05, 4.69) is 26.1 Å². The first kappa shape index (κ1) is 17.8. The minimum Gasteiger partial charge on any atom is -0.317 e. The summed E-state index contributed by atoms with van der Waals surface area (Å²) in [4.78, 5) is 11.6. The maximum atomic E-state index is 13.2. The van der Waals surface area contributed by atoms with Gasteiger partial charge in [-0.25, -0.2) is 4.39 Å². The highest BCUT2D eigenvalue weighted by molar-refractivity contribution is 5.96. The fourth-order valence-electron chi connectivity index (χ4n) is 2.58. The first-order valence-electron chi connectivity index (χ1n) is 7.96. The zero-order valence-electron chi connectivity index (χ0n) is 13.8. The van der Waals surface area contributed by atoms with Gasteiger partial charge in [0.05, 0.1) is 0 Å². The second-order valence-electron chi connectivity index (χ2n) is 6.06. The van der Waals surface area contributed by atoms with Crippen LogP contribution in [0.25, 0.3) is 0 Å². The number of carbonyl (C=O) groups excluding carboxylic acids is 1. The molecule has 2 nitrogen and oxygen atoms in total. The number of benzene rings is 1. The molecule has 21 heavy (non-hydrogen) atoms. The van der Waals surface area contributed by atoms with Gasteiger partial charge in [0.2, 0.25) is 0 Å². The van der Waals surface area contributed by atoms with Crippen molar-refractivity contribution in [1.82, 2.24) is 5.32 Å². The summed E-state index contributed by atoms with van der Waals surface area (Å²) in [5.74, 6) is -0.393. The first-order chi connectivity index (χ1) is 9.94. The van der Waals surface area contributed by atoms with Crippen molar-refractivity contribution in [2.45, 2.75) is 58.8 Å². The molecule has 0 aromatic heterocycles. The van der Waals surface area contributed by atoms with Gasteiger partial charge in [-0.3, -0.25) is 4.79 Å². The average molecular weight is 293 g/mol. The number of Topliss-reactive ketones (excluding diaryl/α,β-unsaturated/α-hetero) is 1. The number of ketones is 1. The summed E-state index contributed by atoms with van der Waals surface area (Å²) in [6.07, 6.45) is 4.61. The Morgan fingerprint density at radius 1 is 1.24 bits per heavy atom. The van der Waals surface area contributed by atoms with Crippen molar-refractivity contribution in [1.29, 1.82) is 0 Å². The van der Waals surface area contributed by atoms with Gasteiger partial charge < -0.3 is 5.32 Å². The van der Waals surface area contributed by atoms with Crippen LogP contribution in [0.1, 0.15) is 69.3 Å². The average Bonchev–Trinajstić information content (AvgIpc) is 2.48. The van der Waals surface area contributed by atoms with E-state index in [0.29, 0.717) is 5.56 Å². The monoisotopic (exact) mass is 293 g/mol. The third-order valence-electron chi connectivity index (χ3n) is 4.22. The molecule has 1 aromatic carbocycles. The lowest BCUT2D eigenvalue weighted by Gasteiger charge is -2.35. The van der Waals surface area contributed by atoms with Gasteiger partial charge in [0.15, 0.2) is 5.78 Å². The molecule has 1 aliphatic rings. The van der Waals surface area contributed by atoms with E-state index in [1.165, 1.54) is 31.9 Å². The Balaban J connectivity index is 0.000000491. The number of halogens is 1. The molecule has 0 aliphatic carbocycles. The highest BCUT2D eigenvalue weighted by Gasteiger charge is 2.31. The molecule has 0 unspecified atom stereocenters. The van der Waals surface area contributed by atoms with Gasteiger partial charge in [0.25, 0.3) is 0 Å². The van der Waals surface area contributed by atoms with E-state index in [9.17, 15) is 9.18 Å². The van der Waals surface area contributed by atoms with Crippen LogP contribution in [0.2, 0.25) is 0 Å². The zero-order valence-corrected chi connectivity index (χ0v) is 13.8. The fraction of sp³-hybridized carbons (Fsp3) is 0.611.